The van der Waals surface area contributed by atoms with E-state index in [-0.39, 0.29) is 11.7 Å². The second-order valence-corrected chi connectivity index (χ2v) is 10.5. The van der Waals surface area contributed by atoms with E-state index in [0.29, 0.717) is 13.1 Å². The number of ketones is 1. The summed E-state index contributed by atoms with van der Waals surface area (Å²) in [5, 5.41) is 3.13. The van der Waals surface area contributed by atoms with E-state index in [4.69, 9.17) is 0 Å². The molecule has 0 bridgehead atoms. The molecular weight excluding hydrogens is 498 g/mol. The molecule has 1 saturated heterocycles. The fourth-order valence-corrected chi connectivity index (χ4v) is 4.68. The van der Waals surface area contributed by atoms with Gasteiger partial charge >= 0.3 is 0 Å². The van der Waals surface area contributed by atoms with Crippen LogP contribution in [0.2, 0.25) is 0 Å². The topological polar surface area (TPSA) is 59.1 Å². The van der Waals surface area contributed by atoms with Gasteiger partial charge in [-0.3, -0.25) is 29.2 Å². The minimum absolute atomic E-state index is 0.106. The number of nitrogens with one attached hydrogen (secondary N) is 1. The lowest BCUT2D eigenvalue weighted by molar-refractivity contribution is -0.122. The summed E-state index contributed by atoms with van der Waals surface area (Å²) in [7, 11) is 0. The maximum Gasteiger partial charge on any atom is 0.234 e. The quantitative estimate of drug-likeness (QED) is 0.198. The first kappa shape index (κ1) is 40.6. The third-order valence-electron chi connectivity index (χ3n) is 6.73. The molecule has 1 N–H and O–H groups in total. The van der Waals surface area contributed by atoms with Crippen LogP contribution in [0.5, 0.6) is 0 Å². The van der Waals surface area contributed by atoms with E-state index < -0.39 is 0 Å². The number of amides is 1. The van der Waals surface area contributed by atoms with Gasteiger partial charge in [-0.1, -0.05) is 91.4 Å². The third-order valence-corrected chi connectivity index (χ3v) is 6.73. The molecule has 0 aromatic heterocycles. The molecule has 236 valence electrons. The van der Waals surface area contributed by atoms with Crippen LogP contribution in [0.1, 0.15) is 93.4 Å². The molecule has 7 nitrogen and oxygen atoms in total. The van der Waals surface area contributed by atoms with Gasteiger partial charge in [0.25, 0.3) is 0 Å². The van der Waals surface area contributed by atoms with Gasteiger partial charge < -0.3 is 5.32 Å². The van der Waals surface area contributed by atoms with Crippen LogP contribution in [0.15, 0.2) is 24.8 Å². The summed E-state index contributed by atoms with van der Waals surface area (Å²) in [5.74, 6) is 0.291. The average Bonchev–Trinajstić information content (AvgIpc) is 2.93. The lowest BCUT2D eigenvalue weighted by Gasteiger charge is -2.33. The molecule has 0 aliphatic carbocycles. The number of nitrogens with zero attached hydrogens (tertiary/aromatic N) is 4. The number of carbonyl (C=O) groups excluding carboxylic acids is 2. The average molecular weight is 566 g/mol. The van der Waals surface area contributed by atoms with Gasteiger partial charge in [-0.05, 0) is 20.3 Å². The standard InChI is InChI=1S/C29H55N5O2.2C2H6/c1-6-8-9-10-11-12-13-14-30-29(36)26-34-22-20-32(24-27(3)4)18-16-31(15-7-2)17-19-33(21-23-34)25-28(5)35;2*1-2/h7H,2-3,6,8-26H2,1,4-5H3,(H,30,36);2*1-2H3. The predicted octanol–water partition coefficient (Wildman–Crippen LogP) is 5.48. The van der Waals surface area contributed by atoms with Gasteiger partial charge in [0, 0.05) is 72.0 Å². The Balaban J connectivity index is 0. The zero-order chi connectivity index (χ0) is 30.6. The van der Waals surface area contributed by atoms with E-state index in [9.17, 15) is 9.59 Å². The van der Waals surface area contributed by atoms with Crippen LogP contribution in [-0.4, -0.2) is 116 Å². The molecular formula is C33H67N5O2. The van der Waals surface area contributed by atoms with E-state index in [2.05, 4.69) is 51.9 Å². The normalized spacial score (nSPS) is 16.3. The van der Waals surface area contributed by atoms with Crippen molar-refractivity contribution in [3.63, 3.8) is 0 Å². The zero-order valence-electron chi connectivity index (χ0n) is 27.7. The van der Waals surface area contributed by atoms with E-state index >= 15 is 0 Å². The Hall–Kier alpha value is -1.54. The molecule has 1 aliphatic rings. The number of Topliss-reactive ketones (excluding diaryl/α,β-unsaturated/α-hetero) is 1. The summed E-state index contributed by atoms with van der Waals surface area (Å²) in [6.45, 7) is 32.3. The molecule has 7 heteroatoms. The highest BCUT2D eigenvalue weighted by Crippen LogP contribution is 2.07. The molecule has 0 radical (unpaired) electrons. The summed E-state index contributed by atoms with van der Waals surface area (Å²) < 4.78 is 0. The van der Waals surface area contributed by atoms with Gasteiger partial charge in [-0.25, -0.2) is 0 Å². The molecule has 0 spiro atoms. The highest BCUT2D eigenvalue weighted by Gasteiger charge is 2.18. The van der Waals surface area contributed by atoms with Crippen molar-refractivity contribution in [3.05, 3.63) is 24.8 Å². The van der Waals surface area contributed by atoms with Gasteiger partial charge in [0.1, 0.15) is 5.78 Å². The molecule has 0 atom stereocenters. The number of hydrogen-bond donors (Lipinski definition) is 1. The molecule has 1 rings (SSSR count). The summed E-state index contributed by atoms with van der Waals surface area (Å²) in [6, 6.07) is 0. The van der Waals surface area contributed by atoms with Gasteiger partial charge in [0.15, 0.2) is 0 Å². The Kier molecular flexibility index (Phi) is 29.4. The molecule has 1 fully saturated rings. The number of carbonyl (C=O) groups is 2. The molecule has 1 heterocycles. The van der Waals surface area contributed by atoms with Crippen molar-refractivity contribution in [3.8, 4) is 0 Å². The van der Waals surface area contributed by atoms with Crippen molar-refractivity contribution in [1.82, 2.24) is 24.9 Å². The SMILES string of the molecule is C=CCN1CCN(CC(=C)C)CCN(CC(=O)NCCCCCCCCC)CCN(CC(C)=O)CC1.CC.CC. The molecule has 0 aromatic rings. The van der Waals surface area contributed by atoms with Crippen molar-refractivity contribution in [2.24, 2.45) is 0 Å². The van der Waals surface area contributed by atoms with Gasteiger partial charge in [-0.15, -0.1) is 6.58 Å². The van der Waals surface area contributed by atoms with Crippen LogP contribution in [0, 0.1) is 0 Å². The number of rotatable bonds is 16. The molecule has 1 aliphatic heterocycles. The Morgan fingerprint density at radius 2 is 1.10 bits per heavy atom. The lowest BCUT2D eigenvalue weighted by Crippen LogP contribution is -2.48. The highest BCUT2D eigenvalue weighted by atomic mass is 16.2. The van der Waals surface area contributed by atoms with Gasteiger partial charge in [0.2, 0.25) is 5.91 Å². The van der Waals surface area contributed by atoms with Gasteiger partial charge in [0.05, 0.1) is 13.1 Å². The van der Waals surface area contributed by atoms with Crippen LogP contribution in [-0.2, 0) is 9.59 Å². The minimum atomic E-state index is 0.106. The van der Waals surface area contributed by atoms with E-state index in [1.54, 1.807) is 6.92 Å². The molecule has 0 unspecified atom stereocenters. The first-order valence-corrected chi connectivity index (χ1v) is 16.2. The zero-order valence-corrected chi connectivity index (χ0v) is 27.7. The molecule has 1 amide bonds. The Bertz CT molecular complexity index is 608. The maximum absolute atomic E-state index is 12.7. The van der Waals surface area contributed by atoms with Crippen molar-refractivity contribution in [2.75, 3.05) is 85.1 Å². The molecule has 0 saturated carbocycles. The molecule has 40 heavy (non-hydrogen) atoms. The predicted molar refractivity (Wildman–Crippen MR) is 175 cm³/mol. The number of hydrogen-bond acceptors (Lipinski definition) is 6. The second kappa shape index (κ2) is 29.0. The van der Waals surface area contributed by atoms with Crippen LogP contribution in [0.25, 0.3) is 0 Å². The van der Waals surface area contributed by atoms with Crippen LogP contribution >= 0.6 is 0 Å². The monoisotopic (exact) mass is 566 g/mol. The van der Waals surface area contributed by atoms with Crippen LogP contribution < -0.4 is 5.32 Å². The minimum Gasteiger partial charge on any atom is -0.355 e. The summed E-state index contributed by atoms with van der Waals surface area (Å²) in [6.07, 6.45) is 10.7. The Morgan fingerprint density at radius 3 is 1.55 bits per heavy atom. The maximum atomic E-state index is 12.7. The van der Waals surface area contributed by atoms with Crippen molar-refractivity contribution >= 4 is 11.7 Å². The first-order chi connectivity index (χ1) is 19.3. The fourth-order valence-electron chi connectivity index (χ4n) is 4.68. The lowest BCUT2D eigenvalue weighted by atomic mass is 10.1. The Morgan fingerprint density at radius 1 is 0.675 bits per heavy atom. The largest absolute Gasteiger partial charge is 0.355 e. The van der Waals surface area contributed by atoms with E-state index in [1.165, 1.54) is 38.5 Å². The van der Waals surface area contributed by atoms with E-state index in [0.717, 1.165) is 84.0 Å². The summed E-state index contributed by atoms with van der Waals surface area (Å²) in [4.78, 5) is 33.9. The second-order valence-electron chi connectivity index (χ2n) is 10.5. The van der Waals surface area contributed by atoms with Crippen LogP contribution in [0.4, 0.5) is 0 Å². The highest BCUT2D eigenvalue weighted by molar-refractivity contribution is 5.78. The van der Waals surface area contributed by atoms with Crippen LogP contribution in [0.3, 0.4) is 0 Å². The van der Waals surface area contributed by atoms with Crippen molar-refractivity contribution in [1.29, 1.82) is 0 Å². The Labute approximate surface area is 249 Å². The third kappa shape index (κ3) is 24.3. The summed E-state index contributed by atoms with van der Waals surface area (Å²) in [5.41, 5.74) is 1.16. The fraction of sp³-hybridized carbons (Fsp3) is 0.818. The van der Waals surface area contributed by atoms with Crippen molar-refractivity contribution in [2.45, 2.75) is 93.4 Å². The van der Waals surface area contributed by atoms with Gasteiger partial charge in [-0.2, -0.15) is 0 Å². The smallest absolute Gasteiger partial charge is 0.234 e. The van der Waals surface area contributed by atoms with Crippen molar-refractivity contribution < 1.29 is 9.59 Å². The summed E-state index contributed by atoms with van der Waals surface area (Å²) >= 11 is 0. The first-order valence-electron chi connectivity index (χ1n) is 16.2. The number of unbranched alkanes of at least 4 members (excludes halogenated alkanes) is 6. The molecule has 0 aromatic carbocycles. The van der Waals surface area contributed by atoms with E-state index in [1.807, 2.05) is 33.8 Å².